The van der Waals surface area contributed by atoms with Crippen LogP contribution in [0.1, 0.15) is 194 Å². The minimum atomic E-state index is -0.881. The first-order valence-corrected chi connectivity index (χ1v) is 21.8. The van der Waals surface area contributed by atoms with Crippen molar-refractivity contribution in [1.29, 1.82) is 0 Å². The lowest BCUT2D eigenvalue weighted by atomic mass is 10.1. The molecule has 0 aromatic rings. The third kappa shape index (κ3) is 38.8. The van der Waals surface area contributed by atoms with Gasteiger partial charge in [-0.25, -0.2) is 0 Å². The maximum absolute atomic E-state index is 12.4. The Morgan fingerprint density at radius 3 is 1.35 bits per heavy atom. The zero-order chi connectivity index (χ0) is 37.8. The molecule has 1 amide bonds. The van der Waals surface area contributed by atoms with Crippen LogP contribution in [-0.2, 0) is 4.79 Å². The first-order valence-electron chi connectivity index (χ1n) is 21.8. The summed E-state index contributed by atoms with van der Waals surface area (Å²) in [7, 11) is 0. The van der Waals surface area contributed by atoms with E-state index in [0.29, 0.717) is 6.42 Å². The molecule has 0 saturated carbocycles. The van der Waals surface area contributed by atoms with Gasteiger partial charge in [-0.15, -0.1) is 0 Å². The molecular formula is C48H83NO3. The van der Waals surface area contributed by atoms with E-state index in [1.807, 2.05) is 6.08 Å². The molecule has 0 saturated heterocycles. The van der Waals surface area contributed by atoms with Crippen LogP contribution in [0.5, 0.6) is 0 Å². The highest BCUT2D eigenvalue weighted by atomic mass is 16.3. The minimum absolute atomic E-state index is 0.0957. The van der Waals surface area contributed by atoms with Gasteiger partial charge >= 0.3 is 0 Å². The van der Waals surface area contributed by atoms with Crippen LogP contribution in [0.3, 0.4) is 0 Å². The van der Waals surface area contributed by atoms with E-state index in [1.165, 1.54) is 96.3 Å². The monoisotopic (exact) mass is 722 g/mol. The number of nitrogens with one attached hydrogen (secondary N) is 1. The third-order valence-electron chi connectivity index (χ3n) is 9.34. The first-order chi connectivity index (χ1) is 25.7. The predicted molar refractivity (Wildman–Crippen MR) is 230 cm³/mol. The molecule has 298 valence electrons. The highest BCUT2D eigenvalue weighted by Crippen LogP contribution is 2.13. The van der Waals surface area contributed by atoms with E-state index in [-0.39, 0.29) is 12.5 Å². The van der Waals surface area contributed by atoms with Crippen molar-refractivity contribution in [2.45, 2.75) is 206 Å². The average Bonchev–Trinajstić information content (AvgIpc) is 3.15. The summed E-state index contributed by atoms with van der Waals surface area (Å²) < 4.78 is 0. The molecule has 0 heterocycles. The molecule has 52 heavy (non-hydrogen) atoms. The summed E-state index contributed by atoms with van der Waals surface area (Å²) in [6.07, 6.45) is 62.6. The van der Waals surface area contributed by atoms with E-state index >= 15 is 0 Å². The van der Waals surface area contributed by atoms with Crippen molar-refractivity contribution in [1.82, 2.24) is 5.32 Å². The summed E-state index contributed by atoms with van der Waals surface area (Å²) in [5.41, 5.74) is 0. The van der Waals surface area contributed by atoms with E-state index in [0.717, 1.165) is 77.0 Å². The van der Waals surface area contributed by atoms with Gasteiger partial charge in [0.15, 0.2) is 0 Å². The van der Waals surface area contributed by atoms with Crippen LogP contribution < -0.4 is 5.32 Å². The summed E-state index contributed by atoms with van der Waals surface area (Å²) in [4.78, 5) is 12.4. The lowest BCUT2D eigenvalue weighted by molar-refractivity contribution is -0.123. The quantitative estimate of drug-likeness (QED) is 0.0439. The number of allylic oxidation sites excluding steroid dienone is 13. The third-order valence-corrected chi connectivity index (χ3v) is 9.34. The molecule has 0 radical (unpaired) electrons. The second kappa shape index (κ2) is 43.0. The van der Waals surface area contributed by atoms with Gasteiger partial charge in [0.25, 0.3) is 0 Å². The number of aliphatic hydroxyl groups is 2. The van der Waals surface area contributed by atoms with Gasteiger partial charge < -0.3 is 15.5 Å². The van der Waals surface area contributed by atoms with Gasteiger partial charge in [0.2, 0.25) is 5.91 Å². The standard InChI is InChI=1S/C48H83NO3/c1-3-5-7-9-11-13-15-17-19-21-23-24-26-27-29-31-33-35-37-39-41-43-47(51)46(45-50)49-48(52)44-42-40-38-36-34-32-30-28-25-22-20-18-16-14-12-10-8-6-4-2/h6,8,12,14,18,20,25-28,33,35,41,43,46-47,50-51H,3-5,7,9-11,13,15-17,19,21-24,29-32,34,36-40,42,44-45H2,1-2H3,(H,49,52)/b8-6-,14-12-,20-18-,27-26+,28-25-,35-33+,43-41+. The van der Waals surface area contributed by atoms with Crippen molar-refractivity contribution in [3.8, 4) is 0 Å². The van der Waals surface area contributed by atoms with Gasteiger partial charge in [-0.2, -0.15) is 0 Å². The fraction of sp³-hybridized carbons (Fsp3) is 0.688. The summed E-state index contributed by atoms with van der Waals surface area (Å²) in [5.74, 6) is -0.0957. The molecule has 0 aromatic heterocycles. The van der Waals surface area contributed by atoms with Crippen LogP contribution in [0.25, 0.3) is 0 Å². The van der Waals surface area contributed by atoms with E-state index in [4.69, 9.17) is 0 Å². The molecule has 4 heteroatoms. The summed E-state index contributed by atoms with van der Waals surface area (Å²) in [5, 5.41) is 23.0. The number of carbonyl (C=O) groups excluding carboxylic acids is 1. The largest absolute Gasteiger partial charge is 0.394 e. The Kier molecular flexibility index (Phi) is 41.0. The van der Waals surface area contributed by atoms with Crippen molar-refractivity contribution in [2.24, 2.45) is 0 Å². The maximum Gasteiger partial charge on any atom is 0.220 e. The molecule has 2 atom stereocenters. The second-order valence-corrected chi connectivity index (χ2v) is 14.4. The SMILES string of the molecule is CC/C=C\C/C=C\C/C=C\C/C=C\CCCCCCCCC(=O)NC(CO)C(O)/C=C/CC/C=C/CC/C=C/CCCCCCCCCCCCC. The number of carbonyl (C=O) groups is 1. The van der Waals surface area contributed by atoms with E-state index in [1.54, 1.807) is 6.08 Å². The molecule has 0 aliphatic heterocycles. The second-order valence-electron chi connectivity index (χ2n) is 14.4. The lowest BCUT2D eigenvalue weighted by Gasteiger charge is -2.19. The highest BCUT2D eigenvalue weighted by molar-refractivity contribution is 5.76. The van der Waals surface area contributed by atoms with Gasteiger partial charge in [0.05, 0.1) is 18.8 Å². The topological polar surface area (TPSA) is 69.6 Å². The average molecular weight is 722 g/mol. The molecule has 0 aromatic carbocycles. The summed E-state index contributed by atoms with van der Waals surface area (Å²) in [6, 6.07) is -0.658. The van der Waals surface area contributed by atoms with Crippen LogP contribution in [0.15, 0.2) is 85.1 Å². The number of hydrogen-bond acceptors (Lipinski definition) is 3. The Hall–Kier alpha value is -2.43. The molecule has 3 N–H and O–H groups in total. The van der Waals surface area contributed by atoms with E-state index < -0.39 is 12.1 Å². The summed E-state index contributed by atoms with van der Waals surface area (Å²) >= 11 is 0. The Morgan fingerprint density at radius 1 is 0.481 bits per heavy atom. The molecule has 0 bridgehead atoms. The number of aliphatic hydroxyl groups excluding tert-OH is 2. The summed E-state index contributed by atoms with van der Waals surface area (Å²) in [6.45, 7) is 4.16. The minimum Gasteiger partial charge on any atom is -0.394 e. The smallest absolute Gasteiger partial charge is 0.220 e. The fourth-order valence-electron chi connectivity index (χ4n) is 6.02. The zero-order valence-electron chi connectivity index (χ0n) is 34.0. The van der Waals surface area contributed by atoms with Gasteiger partial charge in [0.1, 0.15) is 0 Å². The van der Waals surface area contributed by atoms with Crippen molar-refractivity contribution >= 4 is 5.91 Å². The molecule has 4 nitrogen and oxygen atoms in total. The van der Waals surface area contributed by atoms with Gasteiger partial charge in [-0.3, -0.25) is 4.79 Å². The van der Waals surface area contributed by atoms with Crippen LogP contribution in [0, 0.1) is 0 Å². The Morgan fingerprint density at radius 2 is 0.865 bits per heavy atom. The zero-order valence-corrected chi connectivity index (χ0v) is 34.0. The molecule has 2 unspecified atom stereocenters. The van der Waals surface area contributed by atoms with E-state index in [9.17, 15) is 15.0 Å². The van der Waals surface area contributed by atoms with E-state index in [2.05, 4.69) is 92.1 Å². The van der Waals surface area contributed by atoms with Crippen molar-refractivity contribution in [3.05, 3.63) is 85.1 Å². The molecule has 0 rings (SSSR count). The number of unbranched alkanes of at least 4 members (excludes halogenated alkanes) is 19. The van der Waals surface area contributed by atoms with Crippen molar-refractivity contribution in [3.63, 3.8) is 0 Å². The maximum atomic E-state index is 12.4. The predicted octanol–water partition coefficient (Wildman–Crippen LogP) is 13.7. The van der Waals surface area contributed by atoms with Crippen molar-refractivity contribution < 1.29 is 15.0 Å². The molecule has 0 aliphatic carbocycles. The Labute approximate surface area is 322 Å². The molecule has 0 fully saturated rings. The van der Waals surface area contributed by atoms with Crippen LogP contribution in [0.4, 0.5) is 0 Å². The number of rotatable bonds is 38. The molecule has 0 aliphatic rings. The van der Waals surface area contributed by atoms with Crippen LogP contribution in [-0.4, -0.2) is 34.9 Å². The Bertz CT molecular complexity index is 957. The molecular weight excluding hydrogens is 639 g/mol. The normalized spacial score (nSPS) is 13.8. The lowest BCUT2D eigenvalue weighted by Crippen LogP contribution is -2.45. The van der Waals surface area contributed by atoms with Crippen LogP contribution in [0.2, 0.25) is 0 Å². The first kappa shape index (κ1) is 49.6. The van der Waals surface area contributed by atoms with Gasteiger partial charge in [0, 0.05) is 6.42 Å². The van der Waals surface area contributed by atoms with Gasteiger partial charge in [-0.05, 0) is 83.5 Å². The fourth-order valence-corrected chi connectivity index (χ4v) is 6.02. The molecule has 0 spiro atoms. The highest BCUT2D eigenvalue weighted by Gasteiger charge is 2.17. The number of amides is 1. The Balaban J connectivity index is 3.71. The van der Waals surface area contributed by atoms with Crippen LogP contribution >= 0.6 is 0 Å². The van der Waals surface area contributed by atoms with Gasteiger partial charge in [-0.1, -0.05) is 189 Å². The van der Waals surface area contributed by atoms with Crippen molar-refractivity contribution in [2.75, 3.05) is 6.61 Å². The number of hydrogen-bond donors (Lipinski definition) is 3.